The van der Waals surface area contributed by atoms with E-state index in [0.717, 1.165) is 5.56 Å². The molecule has 0 aliphatic carbocycles. The van der Waals surface area contributed by atoms with Gasteiger partial charge in [0.25, 0.3) is 11.7 Å². The van der Waals surface area contributed by atoms with Crippen LogP contribution in [0, 0.1) is 6.92 Å². The fourth-order valence-corrected chi connectivity index (χ4v) is 3.81. The van der Waals surface area contributed by atoms with Gasteiger partial charge in [0.1, 0.15) is 17.3 Å². The van der Waals surface area contributed by atoms with Gasteiger partial charge in [-0.15, -0.1) is 0 Å². The minimum Gasteiger partial charge on any atom is -0.508 e. The first-order valence-corrected chi connectivity index (χ1v) is 10.7. The van der Waals surface area contributed by atoms with Crippen LogP contribution in [0.3, 0.4) is 0 Å². The Labute approximate surface area is 187 Å². The summed E-state index contributed by atoms with van der Waals surface area (Å²) in [4.78, 5) is 27.3. The third-order valence-electron chi connectivity index (χ3n) is 5.26. The summed E-state index contributed by atoms with van der Waals surface area (Å²) < 4.78 is 11.1. The van der Waals surface area contributed by atoms with Crippen LogP contribution in [0.5, 0.6) is 11.5 Å². The molecule has 1 atom stereocenters. The Kier molecular flexibility index (Phi) is 7.20. The maximum absolute atomic E-state index is 13.0. The van der Waals surface area contributed by atoms with Crippen LogP contribution in [0.1, 0.15) is 43.5 Å². The first-order chi connectivity index (χ1) is 15.2. The standard InChI is InChI=1S/C25H29NO6/c1-5-31-20-10-9-18(13-16(20)4)23(28)21-22(17-7-6-8-19(27)14-17)26(25(30)24(21)29)11-12-32-15(2)3/h6-10,13-15,22,27-28H,5,11-12H2,1-4H3/b23-21-. The predicted molar refractivity (Wildman–Crippen MR) is 121 cm³/mol. The van der Waals surface area contributed by atoms with Gasteiger partial charge in [-0.3, -0.25) is 9.59 Å². The van der Waals surface area contributed by atoms with Gasteiger partial charge in [0.2, 0.25) is 0 Å². The van der Waals surface area contributed by atoms with Crippen LogP contribution in [-0.4, -0.2) is 52.7 Å². The molecule has 1 saturated heterocycles. The summed E-state index contributed by atoms with van der Waals surface area (Å²) in [6, 6.07) is 10.6. The summed E-state index contributed by atoms with van der Waals surface area (Å²) in [7, 11) is 0. The number of hydrogen-bond acceptors (Lipinski definition) is 6. The van der Waals surface area contributed by atoms with E-state index < -0.39 is 17.7 Å². The van der Waals surface area contributed by atoms with Crippen molar-refractivity contribution in [3.05, 3.63) is 64.7 Å². The number of aromatic hydroxyl groups is 1. The van der Waals surface area contributed by atoms with Crippen molar-refractivity contribution in [3.63, 3.8) is 0 Å². The second-order valence-electron chi connectivity index (χ2n) is 7.92. The third-order valence-corrected chi connectivity index (χ3v) is 5.26. The molecule has 0 radical (unpaired) electrons. The summed E-state index contributed by atoms with van der Waals surface area (Å²) in [6.45, 7) is 8.41. The smallest absolute Gasteiger partial charge is 0.295 e. The van der Waals surface area contributed by atoms with Crippen molar-refractivity contribution in [2.75, 3.05) is 19.8 Å². The molecule has 32 heavy (non-hydrogen) atoms. The molecule has 3 rings (SSSR count). The second kappa shape index (κ2) is 9.87. The Morgan fingerprint density at radius 3 is 2.53 bits per heavy atom. The van der Waals surface area contributed by atoms with Crippen LogP contribution < -0.4 is 4.74 Å². The van der Waals surface area contributed by atoms with E-state index in [4.69, 9.17) is 9.47 Å². The number of ketones is 1. The normalized spacial score (nSPS) is 17.9. The van der Waals surface area contributed by atoms with E-state index in [1.165, 1.54) is 17.0 Å². The van der Waals surface area contributed by atoms with Crippen LogP contribution in [0.4, 0.5) is 0 Å². The number of Topliss-reactive ketones (excluding diaryl/α,β-unsaturated/α-hetero) is 1. The molecule has 0 aromatic heterocycles. The first kappa shape index (κ1) is 23.3. The largest absolute Gasteiger partial charge is 0.508 e. The average Bonchev–Trinajstić information content (AvgIpc) is 2.99. The monoisotopic (exact) mass is 439 g/mol. The summed E-state index contributed by atoms with van der Waals surface area (Å²) in [5.41, 5.74) is 1.71. The van der Waals surface area contributed by atoms with Gasteiger partial charge in [-0.1, -0.05) is 12.1 Å². The van der Waals surface area contributed by atoms with Crippen molar-refractivity contribution < 1.29 is 29.3 Å². The Morgan fingerprint density at radius 1 is 1.16 bits per heavy atom. The average molecular weight is 440 g/mol. The molecule has 7 heteroatoms. The Hall–Kier alpha value is -3.32. The first-order valence-electron chi connectivity index (χ1n) is 10.7. The number of aliphatic hydroxyl groups excluding tert-OH is 1. The van der Waals surface area contributed by atoms with E-state index in [2.05, 4.69) is 0 Å². The number of phenolic OH excluding ortho intramolecular Hbond substituents is 1. The Bertz CT molecular complexity index is 1040. The zero-order valence-electron chi connectivity index (χ0n) is 18.8. The van der Waals surface area contributed by atoms with E-state index in [-0.39, 0.29) is 36.3 Å². The Balaban J connectivity index is 2.09. The molecule has 1 fully saturated rings. The number of carbonyl (C=O) groups excluding carboxylic acids is 2. The second-order valence-corrected chi connectivity index (χ2v) is 7.92. The lowest BCUT2D eigenvalue weighted by atomic mass is 9.94. The molecule has 170 valence electrons. The molecule has 2 aromatic rings. The molecule has 2 N–H and O–H groups in total. The van der Waals surface area contributed by atoms with Gasteiger partial charge in [-0.05, 0) is 69.2 Å². The summed E-state index contributed by atoms with van der Waals surface area (Å²) in [5, 5.41) is 21.1. The lowest BCUT2D eigenvalue weighted by Crippen LogP contribution is -2.33. The van der Waals surface area contributed by atoms with Gasteiger partial charge in [-0.25, -0.2) is 0 Å². The zero-order valence-corrected chi connectivity index (χ0v) is 18.8. The lowest BCUT2D eigenvalue weighted by molar-refractivity contribution is -0.140. The van der Waals surface area contributed by atoms with E-state index in [0.29, 0.717) is 23.5 Å². The molecular weight excluding hydrogens is 410 g/mol. The van der Waals surface area contributed by atoms with E-state index >= 15 is 0 Å². The molecule has 7 nitrogen and oxygen atoms in total. The molecular formula is C25H29NO6. The van der Waals surface area contributed by atoms with Gasteiger partial charge in [0.05, 0.1) is 30.9 Å². The van der Waals surface area contributed by atoms with Crippen molar-refractivity contribution in [2.24, 2.45) is 0 Å². The number of rotatable bonds is 8. The molecule has 1 unspecified atom stereocenters. The number of aliphatic hydroxyl groups is 1. The van der Waals surface area contributed by atoms with Crippen molar-refractivity contribution >= 4 is 17.4 Å². The highest BCUT2D eigenvalue weighted by atomic mass is 16.5. The summed E-state index contributed by atoms with van der Waals surface area (Å²) in [5.74, 6) is -1.07. The van der Waals surface area contributed by atoms with Gasteiger partial charge < -0.3 is 24.6 Å². The van der Waals surface area contributed by atoms with Gasteiger partial charge in [0, 0.05) is 12.1 Å². The van der Waals surface area contributed by atoms with Gasteiger partial charge in [-0.2, -0.15) is 0 Å². The molecule has 0 bridgehead atoms. The molecule has 0 spiro atoms. The van der Waals surface area contributed by atoms with Crippen LogP contribution in [0.25, 0.3) is 5.76 Å². The number of ether oxygens (including phenoxy) is 2. The minimum absolute atomic E-state index is 0.00318. The number of likely N-dealkylation sites (tertiary alicyclic amines) is 1. The number of phenols is 1. The highest BCUT2D eigenvalue weighted by Gasteiger charge is 2.46. The summed E-state index contributed by atoms with van der Waals surface area (Å²) >= 11 is 0. The van der Waals surface area contributed by atoms with Crippen molar-refractivity contribution in [1.29, 1.82) is 0 Å². The van der Waals surface area contributed by atoms with Crippen molar-refractivity contribution in [3.8, 4) is 11.5 Å². The minimum atomic E-state index is -0.843. The quantitative estimate of drug-likeness (QED) is 0.367. The van der Waals surface area contributed by atoms with E-state index in [1.54, 1.807) is 30.3 Å². The van der Waals surface area contributed by atoms with Crippen molar-refractivity contribution in [1.82, 2.24) is 4.90 Å². The number of carbonyl (C=O) groups is 2. The predicted octanol–water partition coefficient (Wildman–Crippen LogP) is 3.95. The highest BCUT2D eigenvalue weighted by molar-refractivity contribution is 6.46. The molecule has 0 saturated carbocycles. The molecule has 1 amide bonds. The lowest BCUT2D eigenvalue weighted by Gasteiger charge is -2.25. The number of amides is 1. The summed E-state index contributed by atoms with van der Waals surface area (Å²) in [6.07, 6.45) is -0.0297. The number of aryl methyl sites for hydroxylation is 1. The zero-order chi connectivity index (χ0) is 23.4. The van der Waals surface area contributed by atoms with Gasteiger partial charge in [0.15, 0.2) is 0 Å². The van der Waals surface area contributed by atoms with Crippen molar-refractivity contribution in [2.45, 2.75) is 39.8 Å². The van der Waals surface area contributed by atoms with E-state index in [9.17, 15) is 19.8 Å². The maximum Gasteiger partial charge on any atom is 0.295 e. The van der Waals surface area contributed by atoms with Crippen LogP contribution in [0.15, 0.2) is 48.0 Å². The fourth-order valence-electron chi connectivity index (χ4n) is 3.81. The number of nitrogens with zero attached hydrogens (tertiary/aromatic N) is 1. The molecule has 1 aliphatic rings. The van der Waals surface area contributed by atoms with Crippen LogP contribution in [0.2, 0.25) is 0 Å². The van der Waals surface area contributed by atoms with Gasteiger partial charge >= 0.3 is 0 Å². The SMILES string of the molecule is CCOc1ccc(/C(O)=C2/C(=O)C(=O)N(CCOC(C)C)C2c2cccc(O)c2)cc1C. The molecule has 1 aliphatic heterocycles. The van der Waals surface area contributed by atoms with Crippen LogP contribution >= 0.6 is 0 Å². The van der Waals surface area contributed by atoms with Crippen LogP contribution in [-0.2, 0) is 14.3 Å². The fraction of sp³-hybridized carbons (Fsp3) is 0.360. The topological polar surface area (TPSA) is 96.3 Å². The molecule has 1 heterocycles. The number of benzene rings is 2. The Morgan fingerprint density at radius 2 is 1.91 bits per heavy atom. The molecule has 2 aromatic carbocycles. The van der Waals surface area contributed by atoms with E-state index in [1.807, 2.05) is 27.7 Å². The highest BCUT2D eigenvalue weighted by Crippen LogP contribution is 2.40. The maximum atomic E-state index is 13.0. The third kappa shape index (κ3) is 4.78. The number of hydrogen-bond donors (Lipinski definition) is 2.